The summed E-state index contributed by atoms with van der Waals surface area (Å²) in [6.07, 6.45) is 1.09. The Bertz CT molecular complexity index is 693. The number of thioether (sulfide) groups is 1. The first-order chi connectivity index (χ1) is 11.5. The average molecular weight is 370 g/mol. The molecule has 6 nitrogen and oxygen atoms in total. The van der Waals surface area contributed by atoms with Crippen molar-refractivity contribution in [3.63, 3.8) is 0 Å². The van der Waals surface area contributed by atoms with Gasteiger partial charge in [-0.2, -0.15) is 0 Å². The molecule has 0 unspecified atom stereocenters. The number of H-pyrrole nitrogens is 1. The fraction of sp³-hybridized carbons (Fsp3) is 0.438. The standard InChI is InChI=1S/C16H20ClN3O3S/c1-4-23-14(21)8-5-10(2)24-16-18-15(19-20-16)12-9-11(17)6-7-13(12)22-3/h6-7,9-10H,4-5,8H2,1-3H3,(H,18,19,20)/t10-/m0/s1. The van der Waals surface area contributed by atoms with Crippen molar-refractivity contribution in [3.05, 3.63) is 23.2 Å². The van der Waals surface area contributed by atoms with Crippen LogP contribution in [-0.2, 0) is 9.53 Å². The highest BCUT2D eigenvalue weighted by Crippen LogP contribution is 2.32. The largest absolute Gasteiger partial charge is 0.496 e. The zero-order chi connectivity index (χ0) is 17.5. The lowest BCUT2D eigenvalue weighted by Crippen LogP contribution is -2.07. The zero-order valence-corrected chi connectivity index (χ0v) is 15.4. The van der Waals surface area contributed by atoms with Gasteiger partial charge in [0.2, 0.25) is 5.16 Å². The molecule has 0 aliphatic heterocycles. The maximum Gasteiger partial charge on any atom is 0.305 e. The summed E-state index contributed by atoms with van der Waals surface area (Å²) < 4.78 is 10.3. The number of carbonyl (C=O) groups excluding carboxylic acids is 1. The van der Waals surface area contributed by atoms with Gasteiger partial charge in [-0.3, -0.25) is 9.89 Å². The van der Waals surface area contributed by atoms with Gasteiger partial charge in [0.05, 0.1) is 19.3 Å². The van der Waals surface area contributed by atoms with E-state index in [-0.39, 0.29) is 11.2 Å². The van der Waals surface area contributed by atoms with Crippen LogP contribution in [0.3, 0.4) is 0 Å². The third kappa shape index (κ3) is 5.14. The molecule has 0 bridgehead atoms. The summed E-state index contributed by atoms with van der Waals surface area (Å²) in [5.41, 5.74) is 0.753. The van der Waals surface area contributed by atoms with Crippen LogP contribution in [0.25, 0.3) is 11.4 Å². The molecule has 2 rings (SSSR count). The smallest absolute Gasteiger partial charge is 0.305 e. The highest BCUT2D eigenvalue weighted by molar-refractivity contribution is 7.99. The number of hydrogen-bond donors (Lipinski definition) is 1. The van der Waals surface area contributed by atoms with Crippen molar-refractivity contribution in [2.24, 2.45) is 0 Å². The maximum absolute atomic E-state index is 11.4. The van der Waals surface area contributed by atoms with Crippen LogP contribution in [0.5, 0.6) is 5.75 Å². The number of carbonyl (C=O) groups is 1. The summed E-state index contributed by atoms with van der Waals surface area (Å²) in [5, 5.41) is 8.52. The number of aromatic amines is 1. The Labute approximate surface area is 150 Å². The van der Waals surface area contributed by atoms with Crippen molar-refractivity contribution >= 4 is 29.3 Å². The lowest BCUT2D eigenvalue weighted by Gasteiger charge is -2.08. The van der Waals surface area contributed by atoms with E-state index in [2.05, 4.69) is 15.2 Å². The van der Waals surface area contributed by atoms with E-state index in [4.69, 9.17) is 21.1 Å². The number of hydrogen-bond acceptors (Lipinski definition) is 6. The molecule has 130 valence electrons. The number of nitrogens with one attached hydrogen (secondary N) is 1. The molecule has 0 amide bonds. The van der Waals surface area contributed by atoms with E-state index < -0.39 is 0 Å². The second kappa shape index (κ2) is 8.94. The molecule has 1 N–H and O–H groups in total. The number of halogens is 1. The number of rotatable bonds is 8. The molecule has 1 aromatic heterocycles. The molecule has 2 aromatic rings. The average Bonchev–Trinajstić information content (AvgIpc) is 3.01. The molecular weight excluding hydrogens is 350 g/mol. The number of methoxy groups -OCH3 is 1. The molecule has 0 aliphatic rings. The molecule has 0 saturated carbocycles. The fourth-order valence-electron chi connectivity index (χ4n) is 2.08. The topological polar surface area (TPSA) is 77.1 Å². The lowest BCUT2D eigenvalue weighted by molar-refractivity contribution is -0.143. The third-order valence-corrected chi connectivity index (χ3v) is 4.52. The van der Waals surface area contributed by atoms with Crippen molar-refractivity contribution in [2.45, 2.75) is 37.1 Å². The minimum absolute atomic E-state index is 0.177. The molecule has 24 heavy (non-hydrogen) atoms. The summed E-state index contributed by atoms with van der Waals surface area (Å²) in [6, 6.07) is 5.32. The predicted octanol–water partition coefficient (Wildman–Crippen LogP) is 3.96. The van der Waals surface area contributed by atoms with Crippen molar-refractivity contribution in [1.29, 1.82) is 0 Å². The molecule has 0 fully saturated rings. The molecule has 0 spiro atoms. The van der Waals surface area contributed by atoms with Gasteiger partial charge in [0.25, 0.3) is 0 Å². The number of esters is 1. The predicted molar refractivity (Wildman–Crippen MR) is 94.6 cm³/mol. The minimum Gasteiger partial charge on any atom is -0.496 e. The van der Waals surface area contributed by atoms with E-state index in [9.17, 15) is 4.79 Å². The summed E-state index contributed by atoms with van der Waals surface area (Å²) in [7, 11) is 1.59. The van der Waals surface area contributed by atoms with E-state index in [1.54, 1.807) is 32.2 Å². The SMILES string of the molecule is CCOC(=O)CC[C@H](C)Sc1n[nH]c(-c2cc(Cl)ccc2OC)n1. The summed E-state index contributed by atoms with van der Waals surface area (Å²) in [4.78, 5) is 15.9. The van der Waals surface area contributed by atoms with E-state index in [0.717, 1.165) is 5.56 Å². The first-order valence-corrected chi connectivity index (χ1v) is 8.87. The van der Waals surface area contributed by atoms with Gasteiger partial charge < -0.3 is 9.47 Å². The van der Waals surface area contributed by atoms with Gasteiger partial charge in [0, 0.05) is 16.7 Å². The molecular formula is C16H20ClN3O3S. The normalized spacial score (nSPS) is 12.0. The number of nitrogens with zero attached hydrogens (tertiary/aromatic N) is 2. The van der Waals surface area contributed by atoms with Crippen molar-refractivity contribution in [3.8, 4) is 17.1 Å². The van der Waals surface area contributed by atoms with Gasteiger partial charge in [-0.15, -0.1) is 5.10 Å². The molecule has 1 heterocycles. The number of aromatic nitrogens is 3. The Morgan fingerprint density at radius 2 is 2.25 bits per heavy atom. The third-order valence-electron chi connectivity index (χ3n) is 3.25. The number of benzene rings is 1. The Kier molecular flexibility index (Phi) is 6.93. The van der Waals surface area contributed by atoms with Crippen LogP contribution in [-0.4, -0.2) is 40.1 Å². The van der Waals surface area contributed by atoms with E-state index in [1.807, 2.05) is 6.92 Å². The quantitative estimate of drug-likeness (QED) is 0.560. The van der Waals surface area contributed by atoms with Crippen molar-refractivity contribution in [1.82, 2.24) is 15.2 Å². The van der Waals surface area contributed by atoms with Gasteiger partial charge in [-0.1, -0.05) is 30.3 Å². The van der Waals surface area contributed by atoms with Crippen LogP contribution in [0.1, 0.15) is 26.7 Å². The fourth-order valence-corrected chi connectivity index (χ4v) is 3.09. The van der Waals surface area contributed by atoms with Gasteiger partial charge >= 0.3 is 5.97 Å². The zero-order valence-electron chi connectivity index (χ0n) is 13.8. The van der Waals surface area contributed by atoms with E-state index >= 15 is 0 Å². The Balaban J connectivity index is 2.01. The summed E-state index contributed by atoms with van der Waals surface area (Å²) in [6.45, 7) is 4.24. The van der Waals surface area contributed by atoms with Crippen molar-refractivity contribution < 1.29 is 14.3 Å². The maximum atomic E-state index is 11.4. The Morgan fingerprint density at radius 3 is 2.96 bits per heavy atom. The van der Waals surface area contributed by atoms with Gasteiger partial charge in [-0.25, -0.2) is 4.98 Å². The molecule has 0 aliphatic carbocycles. The van der Waals surface area contributed by atoms with Crippen LogP contribution < -0.4 is 4.74 Å². The molecule has 8 heteroatoms. The summed E-state index contributed by atoms with van der Waals surface area (Å²) >= 11 is 7.55. The minimum atomic E-state index is -0.177. The van der Waals surface area contributed by atoms with Gasteiger partial charge in [0.1, 0.15) is 5.75 Å². The Hall–Kier alpha value is -1.73. The molecule has 0 saturated heterocycles. The molecule has 1 atom stereocenters. The Morgan fingerprint density at radius 1 is 1.46 bits per heavy atom. The first-order valence-electron chi connectivity index (χ1n) is 7.62. The van der Waals surface area contributed by atoms with Crippen LogP contribution >= 0.6 is 23.4 Å². The van der Waals surface area contributed by atoms with Gasteiger partial charge in [-0.05, 0) is 31.5 Å². The van der Waals surface area contributed by atoms with Crippen LogP contribution in [0, 0.1) is 0 Å². The highest BCUT2D eigenvalue weighted by Gasteiger charge is 2.15. The lowest BCUT2D eigenvalue weighted by atomic mass is 10.2. The van der Waals surface area contributed by atoms with Crippen molar-refractivity contribution in [2.75, 3.05) is 13.7 Å². The van der Waals surface area contributed by atoms with E-state index in [1.165, 1.54) is 11.8 Å². The second-order valence-electron chi connectivity index (χ2n) is 5.08. The van der Waals surface area contributed by atoms with E-state index in [0.29, 0.717) is 41.2 Å². The highest BCUT2D eigenvalue weighted by atomic mass is 35.5. The molecule has 1 aromatic carbocycles. The number of ether oxygens (including phenoxy) is 2. The van der Waals surface area contributed by atoms with Crippen LogP contribution in [0.4, 0.5) is 0 Å². The summed E-state index contributed by atoms with van der Waals surface area (Å²) in [5.74, 6) is 1.08. The first kappa shape index (κ1) is 18.6. The molecule has 0 radical (unpaired) electrons. The second-order valence-corrected chi connectivity index (χ2v) is 6.93. The monoisotopic (exact) mass is 369 g/mol. The van der Waals surface area contributed by atoms with Crippen LogP contribution in [0.2, 0.25) is 5.02 Å². The van der Waals surface area contributed by atoms with Crippen LogP contribution in [0.15, 0.2) is 23.4 Å². The van der Waals surface area contributed by atoms with Gasteiger partial charge in [0.15, 0.2) is 5.82 Å².